The van der Waals surface area contributed by atoms with Gasteiger partial charge in [0.25, 0.3) is 5.91 Å². The molecule has 1 aromatic carbocycles. The average Bonchev–Trinajstić information content (AvgIpc) is 3.39. The van der Waals surface area contributed by atoms with Gasteiger partial charge in [-0.05, 0) is 42.7 Å². The Morgan fingerprint density at radius 1 is 1.08 bits per heavy atom. The van der Waals surface area contributed by atoms with Gasteiger partial charge >= 0.3 is 0 Å². The van der Waals surface area contributed by atoms with Crippen molar-refractivity contribution >= 4 is 17.7 Å². The molecule has 3 amide bonds. The maximum Gasteiger partial charge on any atom is 0.254 e. The molecule has 2 aromatic rings. The van der Waals surface area contributed by atoms with Crippen LogP contribution in [0.15, 0.2) is 42.6 Å². The molecule has 1 N–H and O–H groups in total. The summed E-state index contributed by atoms with van der Waals surface area (Å²) in [5.41, 5.74) is 2.55. The highest BCUT2D eigenvalue weighted by atomic mass is 16.2. The first kappa shape index (κ1) is 16.6. The number of H-pyrrole nitrogens is 1. The molecule has 0 bridgehead atoms. The highest BCUT2D eigenvalue weighted by molar-refractivity contribution is 6.01. The largest absolute Gasteiger partial charge is 0.363 e. The summed E-state index contributed by atoms with van der Waals surface area (Å²) in [6, 6.07) is 11.3. The number of benzene rings is 1. The van der Waals surface area contributed by atoms with Gasteiger partial charge in [0.1, 0.15) is 0 Å². The van der Waals surface area contributed by atoms with E-state index in [0.717, 1.165) is 30.6 Å². The lowest BCUT2D eigenvalue weighted by Gasteiger charge is -2.24. The molecule has 2 aliphatic rings. The molecule has 6 nitrogen and oxygen atoms in total. The number of imide groups is 1. The molecule has 26 heavy (non-hydrogen) atoms. The van der Waals surface area contributed by atoms with E-state index in [1.54, 1.807) is 12.1 Å². The molecule has 6 heteroatoms. The Hall–Kier alpha value is -2.89. The zero-order valence-corrected chi connectivity index (χ0v) is 14.5. The van der Waals surface area contributed by atoms with Crippen molar-refractivity contribution < 1.29 is 14.4 Å². The third kappa shape index (κ3) is 3.03. The van der Waals surface area contributed by atoms with Crippen molar-refractivity contribution in [3.05, 3.63) is 59.4 Å². The maximum absolute atomic E-state index is 12.9. The topological polar surface area (TPSA) is 73.5 Å². The van der Waals surface area contributed by atoms with Gasteiger partial charge in [0, 0.05) is 36.8 Å². The molecular weight excluding hydrogens is 330 g/mol. The van der Waals surface area contributed by atoms with Crippen LogP contribution < -0.4 is 0 Å². The molecule has 3 heterocycles. The second-order valence-corrected chi connectivity index (χ2v) is 6.85. The molecule has 134 valence electrons. The second kappa shape index (κ2) is 6.78. The number of rotatable bonds is 4. The summed E-state index contributed by atoms with van der Waals surface area (Å²) in [6.07, 6.45) is 4.43. The predicted molar refractivity (Wildman–Crippen MR) is 95.0 cm³/mol. The first-order chi connectivity index (χ1) is 12.6. The summed E-state index contributed by atoms with van der Waals surface area (Å²) >= 11 is 0. The van der Waals surface area contributed by atoms with Crippen LogP contribution in [0, 0.1) is 0 Å². The Balaban J connectivity index is 1.47. The maximum atomic E-state index is 12.9. The Labute approximate surface area is 151 Å². The summed E-state index contributed by atoms with van der Waals surface area (Å²) in [6.45, 7) is 1.03. The number of carbonyl (C=O) groups excluding carboxylic acids is 3. The highest BCUT2D eigenvalue weighted by Gasteiger charge is 2.31. The van der Waals surface area contributed by atoms with E-state index < -0.39 is 0 Å². The average molecular weight is 351 g/mol. The number of nitrogens with one attached hydrogen (secondary N) is 1. The van der Waals surface area contributed by atoms with Crippen molar-refractivity contribution in [2.75, 3.05) is 6.54 Å². The number of hydrogen-bond acceptors (Lipinski definition) is 3. The van der Waals surface area contributed by atoms with E-state index in [1.807, 2.05) is 35.4 Å². The molecule has 0 radical (unpaired) electrons. The van der Waals surface area contributed by atoms with Crippen LogP contribution in [-0.2, 0) is 16.1 Å². The van der Waals surface area contributed by atoms with Gasteiger partial charge in [0.15, 0.2) is 0 Å². The van der Waals surface area contributed by atoms with Crippen molar-refractivity contribution in [2.45, 2.75) is 38.3 Å². The summed E-state index contributed by atoms with van der Waals surface area (Å²) in [4.78, 5) is 42.8. The molecule has 0 spiro atoms. The summed E-state index contributed by atoms with van der Waals surface area (Å²) in [7, 11) is 0. The summed E-state index contributed by atoms with van der Waals surface area (Å²) < 4.78 is 0. The van der Waals surface area contributed by atoms with E-state index in [4.69, 9.17) is 0 Å². The van der Waals surface area contributed by atoms with Gasteiger partial charge in [-0.2, -0.15) is 0 Å². The van der Waals surface area contributed by atoms with Crippen molar-refractivity contribution in [2.24, 2.45) is 0 Å². The van der Waals surface area contributed by atoms with Crippen LogP contribution in [0.3, 0.4) is 0 Å². The minimum atomic E-state index is -0.124. The SMILES string of the molecule is O=C1CCC(=O)N1Cc1ccc(C(=O)N2CCCC2c2ccc[nH]2)cc1. The van der Waals surface area contributed by atoms with Crippen LogP contribution in [0.1, 0.15) is 53.3 Å². The predicted octanol–water partition coefficient (Wildman–Crippen LogP) is 2.64. The molecular formula is C20H21N3O3. The van der Waals surface area contributed by atoms with Gasteiger partial charge in [0.05, 0.1) is 12.6 Å². The first-order valence-electron chi connectivity index (χ1n) is 9.00. The fourth-order valence-corrected chi connectivity index (χ4v) is 3.78. The Morgan fingerprint density at radius 3 is 2.46 bits per heavy atom. The van der Waals surface area contributed by atoms with Gasteiger partial charge in [-0.3, -0.25) is 19.3 Å². The van der Waals surface area contributed by atoms with E-state index in [9.17, 15) is 14.4 Å². The molecule has 0 saturated carbocycles. The standard InChI is InChI=1S/C20H21N3O3/c24-18-9-10-19(25)23(18)13-14-5-7-15(8-6-14)20(26)22-12-2-4-17(22)16-3-1-11-21-16/h1,3,5-8,11,17,21H,2,4,9-10,12-13H2. The first-order valence-corrected chi connectivity index (χ1v) is 9.00. The van der Waals surface area contributed by atoms with Gasteiger partial charge in [-0.25, -0.2) is 0 Å². The van der Waals surface area contributed by atoms with Gasteiger partial charge in [-0.1, -0.05) is 12.1 Å². The zero-order chi connectivity index (χ0) is 18.1. The van der Waals surface area contributed by atoms with Crippen molar-refractivity contribution in [3.8, 4) is 0 Å². The fraction of sp³-hybridized carbons (Fsp3) is 0.350. The van der Waals surface area contributed by atoms with Crippen LogP contribution in [0.2, 0.25) is 0 Å². The summed E-state index contributed by atoms with van der Waals surface area (Å²) in [5, 5.41) is 0. The van der Waals surface area contributed by atoms with Gasteiger partial charge < -0.3 is 9.88 Å². The fourth-order valence-electron chi connectivity index (χ4n) is 3.78. The van der Waals surface area contributed by atoms with E-state index in [1.165, 1.54) is 4.90 Å². The smallest absolute Gasteiger partial charge is 0.254 e. The van der Waals surface area contributed by atoms with Gasteiger partial charge in [-0.15, -0.1) is 0 Å². The van der Waals surface area contributed by atoms with E-state index in [2.05, 4.69) is 4.98 Å². The van der Waals surface area contributed by atoms with Crippen molar-refractivity contribution in [1.82, 2.24) is 14.8 Å². The van der Waals surface area contributed by atoms with Crippen LogP contribution in [-0.4, -0.2) is 39.1 Å². The Kier molecular flexibility index (Phi) is 4.32. The highest BCUT2D eigenvalue weighted by Crippen LogP contribution is 2.32. The third-order valence-electron chi connectivity index (χ3n) is 5.19. The number of nitrogens with zero attached hydrogens (tertiary/aromatic N) is 2. The minimum Gasteiger partial charge on any atom is -0.363 e. The monoisotopic (exact) mass is 351 g/mol. The normalized spacial score (nSPS) is 20.2. The van der Waals surface area contributed by atoms with Crippen LogP contribution in [0.4, 0.5) is 0 Å². The number of hydrogen-bond donors (Lipinski definition) is 1. The Bertz CT molecular complexity index is 810. The molecule has 2 aliphatic heterocycles. The van der Waals surface area contributed by atoms with Gasteiger partial charge in [0.2, 0.25) is 11.8 Å². The molecule has 4 rings (SSSR count). The van der Waals surface area contributed by atoms with Crippen LogP contribution >= 0.6 is 0 Å². The summed E-state index contributed by atoms with van der Waals surface area (Å²) in [5.74, 6) is -0.232. The molecule has 1 atom stereocenters. The lowest BCUT2D eigenvalue weighted by Crippen LogP contribution is -2.31. The Morgan fingerprint density at radius 2 is 1.81 bits per heavy atom. The van der Waals surface area contributed by atoms with Crippen LogP contribution in [0.25, 0.3) is 0 Å². The lowest BCUT2D eigenvalue weighted by molar-refractivity contribution is -0.139. The quantitative estimate of drug-likeness (QED) is 0.861. The number of aromatic nitrogens is 1. The van der Waals surface area contributed by atoms with Crippen molar-refractivity contribution in [3.63, 3.8) is 0 Å². The minimum absolute atomic E-state index is 0.0157. The molecule has 1 unspecified atom stereocenters. The van der Waals surface area contributed by atoms with E-state index >= 15 is 0 Å². The number of likely N-dealkylation sites (tertiary alicyclic amines) is 2. The molecule has 2 fully saturated rings. The zero-order valence-electron chi connectivity index (χ0n) is 14.5. The molecule has 0 aliphatic carbocycles. The second-order valence-electron chi connectivity index (χ2n) is 6.85. The third-order valence-corrected chi connectivity index (χ3v) is 5.19. The van der Waals surface area contributed by atoms with Crippen LogP contribution in [0.5, 0.6) is 0 Å². The number of carbonyl (C=O) groups is 3. The van der Waals surface area contributed by atoms with Crippen molar-refractivity contribution in [1.29, 1.82) is 0 Å². The van der Waals surface area contributed by atoms with E-state index in [-0.39, 0.29) is 30.3 Å². The molecule has 1 aromatic heterocycles. The number of aromatic amines is 1. The molecule has 2 saturated heterocycles. The number of amides is 3. The lowest BCUT2D eigenvalue weighted by atomic mass is 10.1. The van der Waals surface area contributed by atoms with E-state index in [0.29, 0.717) is 18.4 Å².